The number of aromatic nitrogens is 2. The van der Waals surface area contributed by atoms with E-state index in [1.54, 1.807) is 18.8 Å². The molecule has 1 aliphatic rings. The molecule has 1 unspecified atom stereocenters. The number of nitrogens with zero attached hydrogens (tertiary/aromatic N) is 3. The third-order valence-electron chi connectivity index (χ3n) is 3.54. The molecule has 6 nitrogen and oxygen atoms in total. The maximum Gasteiger partial charge on any atom is 0.257 e. The maximum absolute atomic E-state index is 12.3. The lowest BCUT2D eigenvalue weighted by molar-refractivity contribution is 0.0747. The van der Waals surface area contributed by atoms with E-state index in [9.17, 15) is 13.2 Å². The van der Waals surface area contributed by atoms with Gasteiger partial charge in [0, 0.05) is 25.8 Å². The lowest BCUT2D eigenvalue weighted by Gasteiger charge is -2.23. The van der Waals surface area contributed by atoms with Gasteiger partial charge < -0.3 is 4.90 Å². The lowest BCUT2D eigenvalue weighted by atomic mass is 10.2. The highest BCUT2D eigenvalue weighted by molar-refractivity contribution is 7.91. The molecule has 1 amide bonds. The molecule has 0 saturated carbocycles. The van der Waals surface area contributed by atoms with Crippen molar-refractivity contribution >= 4 is 15.7 Å². The van der Waals surface area contributed by atoms with E-state index in [0.29, 0.717) is 12.0 Å². The Bertz CT molecular complexity index is 576. The first-order valence-corrected chi connectivity index (χ1v) is 7.60. The smallest absolute Gasteiger partial charge is 0.257 e. The average Bonchev–Trinajstić information content (AvgIpc) is 2.82. The standard InChI is InChI=1S/C11H17N3O3S/c1-8-10(6-12-14(8)3)11(15)13(2)9-4-5-18(16,17)7-9/h6,9H,4-5,7H2,1-3H3. The van der Waals surface area contributed by atoms with Crippen LogP contribution in [0.3, 0.4) is 0 Å². The van der Waals surface area contributed by atoms with E-state index in [0.717, 1.165) is 5.69 Å². The molecule has 7 heteroatoms. The monoisotopic (exact) mass is 271 g/mol. The number of hydrogen-bond acceptors (Lipinski definition) is 4. The largest absolute Gasteiger partial charge is 0.338 e. The molecule has 18 heavy (non-hydrogen) atoms. The number of hydrogen-bond donors (Lipinski definition) is 0. The van der Waals surface area contributed by atoms with Crippen molar-refractivity contribution in [3.05, 3.63) is 17.5 Å². The predicted molar refractivity (Wildman–Crippen MR) is 67.1 cm³/mol. The quantitative estimate of drug-likeness (QED) is 0.758. The first-order valence-electron chi connectivity index (χ1n) is 5.78. The summed E-state index contributed by atoms with van der Waals surface area (Å²) in [7, 11) is 0.447. The molecule has 0 spiro atoms. The van der Waals surface area contributed by atoms with Crippen LogP contribution in [0.15, 0.2) is 6.20 Å². The van der Waals surface area contributed by atoms with Crippen LogP contribution in [0.25, 0.3) is 0 Å². The Kier molecular flexibility index (Phi) is 3.18. The Morgan fingerprint density at radius 2 is 2.22 bits per heavy atom. The second-order valence-electron chi connectivity index (χ2n) is 4.74. The third kappa shape index (κ3) is 2.27. The summed E-state index contributed by atoms with van der Waals surface area (Å²) in [6, 6.07) is -0.220. The van der Waals surface area contributed by atoms with Crippen LogP contribution in [-0.4, -0.2) is 53.6 Å². The topological polar surface area (TPSA) is 72.3 Å². The summed E-state index contributed by atoms with van der Waals surface area (Å²) >= 11 is 0. The lowest BCUT2D eigenvalue weighted by Crippen LogP contribution is -2.38. The van der Waals surface area contributed by atoms with Gasteiger partial charge in [0.15, 0.2) is 9.84 Å². The zero-order valence-electron chi connectivity index (χ0n) is 10.8. The van der Waals surface area contributed by atoms with Crippen LogP contribution >= 0.6 is 0 Å². The molecule has 1 aromatic rings. The van der Waals surface area contributed by atoms with Crippen LogP contribution in [0.1, 0.15) is 22.5 Å². The van der Waals surface area contributed by atoms with E-state index in [-0.39, 0.29) is 23.5 Å². The van der Waals surface area contributed by atoms with Crippen LogP contribution in [0.4, 0.5) is 0 Å². The Morgan fingerprint density at radius 3 is 2.67 bits per heavy atom. The number of sulfone groups is 1. The van der Waals surface area contributed by atoms with Gasteiger partial charge in [-0.25, -0.2) is 8.42 Å². The minimum Gasteiger partial charge on any atom is -0.338 e. The van der Waals surface area contributed by atoms with Gasteiger partial charge in [-0.3, -0.25) is 9.48 Å². The maximum atomic E-state index is 12.3. The van der Waals surface area contributed by atoms with Crippen molar-refractivity contribution in [2.45, 2.75) is 19.4 Å². The molecule has 0 aromatic carbocycles. The molecule has 100 valence electrons. The Labute approximate surface area is 106 Å². The molecule has 0 aliphatic carbocycles. The highest BCUT2D eigenvalue weighted by atomic mass is 32.2. The fraction of sp³-hybridized carbons (Fsp3) is 0.636. The van der Waals surface area contributed by atoms with Crippen LogP contribution < -0.4 is 0 Å². The van der Waals surface area contributed by atoms with E-state index in [1.165, 1.54) is 11.1 Å². The van der Waals surface area contributed by atoms with E-state index >= 15 is 0 Å². The molecule has 0 bridgehead atoms. The molecule has 1 saturated heterocycles. The summed E-state index contributed by atoms with van der Waals surface area (Å²) in [6.45, 7) is 1.82. The molecule has 2 heterocycles. The SMILES string of the molecule is Cc1c(C(=O)N(C)C2CCS(=O)(=O)C2)cnn1C. The molecule has 1 fully saturated rings. The zero-order chi connectivity index (χ0) is 13.5. The van der Waals surface area contributed by atoms with E-state index < -0.39 is 9.84 Å². The molecule has 1 aromatic heterocycles. The van der Waals surface area contributed by atoms with E-state index in [2.05, 4.69) is 5.10 Å². The third-order valence-corrected chi connectivity index (χ3v) is 5.29. The average molecular weight is 271 g/mol. The van der Waals surface area contributed by atoms with Crippen molar-refractivity contribution in [3.63, 3.8) is 0 Å². The van der Waals surface area contributed by atoms with Gasteiger partial charge in [-0.15, -0.1) is 0 Å². The molecular weight excluding hydrogens is 254 g/mol. The van der Waals surface area contributed by atoms with Crippen molar-refractivity contribution < 1.29 is 13.2 Å². The molecule has 1 atom stereocenters. The number of carbonyl (C=O) groups is 1. The minimum atomic E-state index is -2.98. The first-order chi connectivity index (χ1) is 8.32. The molecule has 2 rings (SSSR count). The van der Waals surface area contributed by atoms with Crippen molar-refractivity contribution in [2.24, 2.45) is 7.05 Å². The van der Waals surface area contributed by atoms with Gasteiger partial charge >= 0.3 is 0 Å². The van der Waals surface area contributed by atoms with Gasteiger partial charge in [-0.05, 0) is 13.3 Å². The van der Waals surface area contributed by atoms with Gasteiger partial charge in [0.25, 0.3) is 5.91 Å². The fourth-order valence-electron chi connectivity index (χ4n) is 2.15. The second kappa shape index (κ2) is 4.38. The van der Waals surface area contributed by atoms with Crippen molar-refractivity contribution in [1.29, 1.82) is 0 Å². The normalized spacial score (nSPS) is 22.1. The van der Waals surface area contributed by atoms with Gasteiger partial charge in [-0.1, -0.05) is 0 Å². The highest BCUT2D eigenvalue weighted by Crippen LogP contribution is 2.19. The van der Waals surface area contributed by atoms with Crippen molar-refractivity contribution in [3.8, 4) is 0 Å². The molecule has 0 N–H and O–H groups in total. The van der Waals surface area contributed by atoms with Crippen LogP contribution in [0.5, 0.6) is 0 Å². The van der Waals surface area contributed by atoms with Crippen LogP contribution in [-0.2, 0) is 16.9 Å². The molecular formula is C11H17N3O3S. The summed E-state index contributed by atoms with van der Waals surface area (Å²) in [6.07, 6.45) is 2.04. The summed E-state index contributed by atoms with van der Waals surface area (Å²) in [5.41, 5.74) is 1.32. The number of rotatable bonds is 2. The molecule has 1 aliphatic heterocycles. The van der Waals surface area contributed by atoms with Gasteiger partial charge in [0.05, 0.1) is 23.3 Å². The van der Waals surface area contributed by atoms with Gasteiger partial charge in [0.1, 0.15) is 0 Å². The van der Waals surface area contributed by atoms with E-state index in [1.807, 2.05) is 6.92 Å². The Hall–Kier alpha value is -1.37. The van der Waals surface area contributed by atoms with Gasteiger partial charge in [-0.2, -0.15) is 5.10 Å². The van der Waals surface area contributed by atoms with Gasteiger partial charge in [0.2, 0.25) is 0 Å². The summed E-state index contributed by atoms with van der Waals surface area (Å²) < 4.78 is 24.5. The fourth-order valence-corrected chi connectivity index (χ4v) is 3.92. The Morgan fingerprint density at radius 1 is 1.56 bits per heavy atom. The summed E-state index contributed by atoms with van der Waals surface area (Å²) in [5, 5.41) is 4.03. The summed E-state index contributed by atoms with van der Waals surface area (Å²) in [5.74, 6) is 0.0678. The van der Waals surface area contributed by atoms with Crippen LogP contribution in [0, 0.1) is 6.92 Å². The number of aryl methyl sites for hydroxylation is 1. The van der Waals surface area contributed by atoms with Crippen molar-refractivity contribution in [1.82, 2.24) is 14.7 Å². The Balaban J connectivity index is 2.17. The zero-order valence-corrected chi connectivity index (χ0v) is 11.6. The second-order valence-corrected chi connectivity index (χ2v) is 6.97. The summed E-state index contributed by atoms with van der Waals surface area (Å²) in [4.78, 5) is 13.8. The molecule has 0 radical (unpaired) electrons. The first kappa shape index (κ1) is 13.1. The highest BCUT2D eigenvalue weighted by Gasteiger charge is 2.33. The van der Waals surface area contributed by atoms with Crippen molar-refractivity contribution in [2.75, 3.05) is 18.6 Å². The van der Waals surface area contributed by atoms with E-state index in [4.69, 9.17) is 0 Å². The number of carbonyl (C=O) groups excluding carboxylic acids is 1. The minimum absolute atomic E-state index is 0.0640. The number of amides is 1. The van der Waals surface area contributed by atoms with Crippen LogP contribution in [0.2, 0.25) is 0 Å². The predicted octanol–water partition coefficient (Wildman–Crippen LogP) is -0.0124.